The van der Waals surface area contributed by atoms with E-state index in [0.717, 1.165) is 35.5 Å². The van der Waals surface area contributed by atoms with E-state index in [9.17, 15) is 0 Å². The molecular formula is C17H36. The zero-order valence-corrected chi connectivity index (χ0v) is 13.6. The van der Waals surface area contributed by atoms with Gasteiger partial charge in [-0.2, -0.15) is 0 Å². The standard InChI is InChI=1S/C17H36/c1-9-13(4)10-15(6)17(8)16(7)11-14(5)12(2)3/h12-17H,9-11H2,1-8H3. The number of hydrogen-bond acceptors (Lipinski definition) is 0. The molecule has 0 aliphatic rings. The van der Waals surface area contributed by atoms with Crippen molar-refractivity contribution in [2.24, 2.45) is 35.5 Å². The van der Waals surface area contributed by atoms with Gasteiger partial charge in [-0.25, -0.2) is 0 Å². The predicted molar refractivity (Wildman–Crippen MR) is 80.2 cm³/mol. The van der Waals surface area contributed by atoms with Gasteiger partial charge in [-0.05, 0) is 48.3 Å². The van der Waals surface area contributed by atoms with Crippen LogP contribution < -0.4 is 0 Å². The van der Waals surface area contributed by atoms with Crippen LogP contribution in [0.1, 0.15) is 74.7 Å². The largest absolute Gasteiger partial charge is 0.0651 e. The summed E-state index contributed by atoms with van der Waals surface area (Å²) in [5.74, 6) is 5.19. The quantitative estimate of drug-likeness (QED) is 0.487. The molecule has 0 fully saturated rings. The molecule has 0 aliphatic heterocycles. The van der Waals surface area contributed by atoms with Crippen molar-refractivity contribution in [3.8, 4) is 0 Å². The van der Waals surface area contributed by atoms with Crippen LogP contribution in [0.25, 0.3) is 0 Å². The van der Waals surface area contributed by atoms with Gasteiger partial charge in [-0.3, -0.25) is 0 Å². The van der Waals surface area contributed by atoms with E-state index >= 15 is 0 Å². The molecule has 0 aromatic carbocycles. The smallest absolute Gasteiger partial charge is 0.0391 e. The Morgan fingerprint density at radius 2 is 1.12 bits per heavy atom. The molecule has 104 valence electrons. The molecular weight excluding hydrogens is 204 g/mol. The van der Waals surface area contributed by atoms with Gasteiger partial charge in [-0.15, -0.1) is 0 Å². The minimum Gasteiger partial charge on any atom is -0.0651 e. The normalized spacial score (nSPS) is 21.0. The molecule has 0 aromatic rings. The van der Waals surface area contributed by atoms with Gasteiger partial charge in [0.05, 0.1) is 0 Å². The first-order valence-electron chi connectivity index (χ1n) is 7.79. The van der Waals surface area contributed by atoms with Crippen LogP contribution >= 0.6 is 0 Å². The second-order valence-corrected chi connectivity index (χ2v) is 7.02. The van der Waals surface area contributed by atoms with Crippen molar-refractivity contribution in [3.63, 3.8) is 0 Å². The van der Waals surface area contributed by atoms with Crippen LogP contribution in [0.2, 0.25) is 0 Å². The van der Waals surface area contributed by atoms with E-state index in [1.807, 2.05) is 0 Å². The van der Waals surface area contributed by atoms with E-state index in [2.05, 4.69) is 55.4 Å². The molecule has 0 amide bonds. The molecule has 0 radical (unpaired) electrons. The van der Waals surface area contributed by atoms with Gasteiger partial charge in [0.2, 0.25) is 0 Å². The van der Waals surface area contributed by atoms with E-state index in [0.29, 0.717) is 0 Å². The average Bonchev–Trinajstić information content (AvgIpc) is 2.27. The van der Waals surface area contributed by atoms with Crippen LogP contribution in [0.5, 0.6) is 0 Å². The van der Waals surface area contributed by atoms with Crippen molar-refractivity contribution in [2.75, 3.05) is 0 Å². The first kappa shape index (κ1) is 17.0. The fourth-order valence-electron chi connectivity index (χ4n) is 2.65. The van der Waals surface area contributed by atoms with Gasteiger partial charge in [0, 0.05) is 0 Å². The monoisotopic (exact) mass is 240 g/mol. The molecule has 0 rings (SSSR count). The highest BCUT2D eigenvalue weighted by molar-refractivity contribution is 4.72. The second-order valence-electron chi connectivity index (χ2n) is 7.02. The summed E-state index contributed by atoms with van der Waals surface area (Å²) >= 11 is 0. The second kappa shape index (κ2) is 8.16. The molecule has 17 heavy (non-hydrogen) atoms. The van der Waals surface area contributed by atoms with Gasteiger partial charge in [0.1, 0.15) is 0 Å². The summed E-state index contributed by atoms with van der Waals surface area (Å²) in [7, 11) is 0. The van der Waals surface area contributed by atoms with Gasteiger partial charge < -0.3 is 0 Å². The van der Waals surface area contributed by atoms with Gasteiger partial charge in [0.25, 0.3) is 0 Å². The lowest BCUT2D eigenvalue weighted by molar-refractivity contribution is 0.198. The van der Waals surface area contributed by atoms with E-state index < -0.39 is 0 Å². The Kier molecular flexibility index (Phi) is 8.16. The average molecular weight is 240 g/mol. The van der Waals surface area contributed by atoms with Crippen molar-refractivity contribution in [1.82, 2.24) is 0 Å². The van der Waals surface area contributed by atoms with Crippen molar-refractivity contribution in [3.05, 3.63) is 0 Å². The molecule has 0 bridgehead atoms. The van der Waals surface area contributed by atoms with Crippen molar-refractivity contribution >= 4 is 0 Å². The molecule has 5 atom stereocenters. The molecule has 0 aliphatic carbocycles. The van der Waals surface area contributed by atoms with Crippen LogP contribution in [-0.4, -0.2) is 0 Å². The molecule has 0 saturated heterocycles. The molecule has 0 heterocycles. The maximum absolute atomic E-state index is 2.46. The molecule has 0 heteroatoms. The predicted octanol–water partition coefficient (Wildman–Crippen LogP) is 6.01. The number of rotatable bonds is 8. The van der Waals surface area contributed by atoms with Crippen LogP contribution in [0.3, 0.4) is 0 Å². The minimum absolute atomic E-state index is 0.828. The topological polar surface area (TPSA) is 0 Å². The Bertz CT molecular complexity index is 182. The number of hydrogen-bond donors (Lipinski definition) is 0. The fraction of sp³-hybridized carbons (Fsp3) is 1.00. The zero-order valence-electron chi connectivity index (χ0n) is 13.6. The summed E-state index contributed by atoms with van der Waals surface area (Å²) in [6.07, 6.45) is 4.12. The minimum atomic E-state index is 0.828. The van der Waals surface area contributed by atoms with Gasteiger partial charge in [-0.1, -0.05) is 61.8 Å². The summed E-state index contributed by atoms with van der Waals surface area (Å²) in [6.45, 7) is 19.2. The molecule has 0 N–H and O–H groups in total. The van der Waals surface area contributed by atoms with Crippen LogP contribution in [0.15, 0.2) is 0 Å². The fourth-order valence-corrected chi connectivity index (χ4v) is 2.65. The SMILES string of the molecule is CCC(C)CC(C)C(C)C(C)CC(C)C(C)C. The van der Waals surface area contributed by atoms with Crippen molar-refractivity contribution < 1.29 is 0 Å². The van der Waals surface area contributed by atoms with E-state index in [1.54, 1.807) is 0 Å². The van der Waals surface area contributed by atoms with Gasteiger partial charge >= 0.3 is 0 Å². The van der Waals surface area contributed by atoms with E-state index in [1.165, 1.54) is 19.3 Å². The Balaban J connectivity index is 4.15. The Morgan fingerprint density at radius 3 is 1.53 bits per heavy atom. The summed E-state index contributed by atoms with van der Waals surface area (Å²) in [5, 5.41) is 0. The first-order valence-corrected chi connectivity index (χ1v) is 7.79. The highest BCUT2D eigenvalue weighted by atomic mass is 14.3. The third-order valence-corrected chi connectivity index (χ3v) is 5.15. The molecule has 0 spiro atoms. The highest BCUT2D eigenvalue weighted by Crippen LogP contribution is 2.32. The van der Waals surface area contributed by atoms with Crippen LogP contribution in [-0.2, 0) is 0 Å². The summed E-state index contributed by atoms with van der Waals surface area (Å²) in [5.41, 5.74) is 0. The third kappa shape index (κ3) is 6.48. The lowest BCUT2D eigenvalue weighted by Gasteiger charge is -2.30. The van der Waals surface area contributed by atoms with Crippen molar-refractivity contribution in [2.45, 2.75) is 74.7 Å². The Hall–Kier alpha value is 0. The summed E-state index contributed by atoms with van der Waals surface area (Å²) < 4.78 is 0. The Labute approximate surface area is 111 Å². The van der Waals surface area contributed by atoms with Gasteiger partial charge in [0.15, 0.2) is 0 Å². The maximum Gasteiger partial charge on any atom is -0.0391 e. The first-order chi connectivity index (χ1) is 7.79. The lowest BCUT2D eigenvalue weighted by atomic mass is 9.75. The summed E-state index contributed by atoms with van der Waals surface area (Å²) in [6, 6.07) is 0. The maximum atomic E-state index is 2.46. The van der Waals surface area contributed by atoms with Crippen LogP contribution in [0, 0.1) is 35.5 Å². The van der Waals surface area contributed by atoms with E-state index in [-0.39, 0.29) is 0 Å². The zero-order chi connectivity index (χ0) is 13.6. The molecule has 0 saturated carbocycles. The van der Waals surface area contributed by atoms with Crippen LogP contribution in [0.4, 0.5) is 0 Å². The van der Waals surface area contributed by atoms with Crippen molar-refractivity contribution in [1.29, 1.82) is 0 Å². The summed E-state index contributed by atoms with van der Waals surface area (Å²) in [4.78, 5) is 0. The third-order valence-electron chi connectivity index (χ3n) is 5.15. The Morgan fingerprint density at radius 1 is 0.647 bits per heavy atom. The lowest BCUT2D eigenvalue weighted by Crippen LogP contribution is -2.21. The molecule has 0 aromatic heterocycles. The molecule has 5 unspecified atom stereocenters. The van der Waals surface area contributed by atoms with E-state index in [4.69, 9.17) is 0 Å². The highest BCUT2D eigenvalue weighted by Gasteiger charge is 2.22. The molecule has 0 nitrogen and oxygen atoms in total.